The largest absolute Gasteiger partial charge is 0.481 e. The number of carboxylic acids is 1. The Balaban J connectivity index is 2.24. The molecule has 0 aromatic carbocycles. The molecule has 2 rings (SSSR count). The highest BCUT2D eigenvalue weighted by Crippen LogP contribution is 2.30. The summed E-state index contributed by atoms with van der Waals surface area (Å²) in [7, 11) is 0. The number of hydrogen-bond acceptors (Lipinski definition) is 3. The summed E-state index contributed by atoms with van der Waals surface area (Å²) in [5.41, 5.74) is 1.62. The third-order valence-electron chi connectivity index (χ3n) is 3.20. The van der Waals surface area contributed by atoms with Gasteiger partial charge in [0.25, 0.3) is 0 Å². The van der Waals surface area contributed by atoms with Crippen LogP contribution in [0.1, 0.15) is 50.0 Å². The number of aromatic nitrogens is 3. The van der Waals surface area contributed by atoms with E-state index in [1.54, 1.807) is 0 Å². The van der Waals surface area contributed by atoms with Crippen molar-refractivity contribution >= 4 is 5.97 Å². The van der Waals surface area contributed by atoms with E-state index in [-0.39, 0.29) is 6.42 Å². The summed E-state index contributed by atoms with van der Waals surface area (Å²) in [6.45, 7) is 2.02. The summed E-state index contributed by atoms with van der Waals surface area (Å²) < 4.78 is 1.95. The van der Waals surface area contributed by atoms with Gasteiger partial charge in [-0.2, -0.15) is 0 Å². The van der Waals surface area contributed by atoms with E-state index in [4.69, 9.17) is 5.11 Å². The normalized spacial score (nSPS) is 16.8. The van der Waals surface area contributed by atoms with Crippen molar-refractivity contribution in [2.75, 3.05) is 0 Å². The van der Waals surface area contributed by atoms with Crippen LogP contribution in [0, 0.1) is 0 Å². The van der Waals surface area contributed by atoms with Gasteiger partial charge in [0, 0.05) is 0 Å². The number of carbonyl (C=O) groups is 1. The van der Waals surface area contributed by atoms with E-state index in [2.05, 4.69) is 10.3 Å². The fourth-order valence-corrected chi connectivity index (χ4v) is 2.44. The smallest absolute Gasteiger partial charge is 0.309 e. The zero-order valence-corrected chi connectivity index (χ0v) is 9.52. The van der Waals surface area contributed by atoms with Crippen LogP contribution in [0.3, 0.4) is 0 Å². The van der Waals surface area contributed by atoms with Crippen LogP contribution >= 0.6 is 0 Å². The van der Waals surface area contributed by atoms with Crippen molar-refractivity contribution in [1.82, 2.24) is 15.0 Å². The quantitative estimate of drug-likeness (QED) is 0.841. The molecule has 0 radical (unpaired) electrons. The van der Waals surface area contributed by atoms with Crippen molar-refractivity contribution in [3.8, 4) is 0 Å². The van der Waals surface area contributed by atoms with Crippen molar-refractivity contribution in [2.45, 2.75) is 51.5 Å². The van der Waals surface area contributed by atoms with Gasteiger partial charge in [0.15, 0.2) is 0 Å². The second-order valence-corrected chi connectivity index (χ2v) is 4.29. The lowest BCUT2D eigenvalue weighted by Gasteiger charge is -2.12. The summed E-state index contributed by atoms with van der Waals surface area (Å²) in [5, 5.41) is 16.9. The van der Waals surface area contributed by atoms with Crippen molar-refractivity contribution < 1.29 is 9.90 Å². The minimum absolute atomic E-state index is 0.0180. The standard InChI is InChI=1S/C11H17N3O2/c1-2-10-9(7-11(15)16)12-13-14(10)8-5-3-4-6-8/h8H,2-7H2,1H3,(H,15,16). The summed E-state index contributed by atoms with van der Waals surface area (Å²) in [6.07, 6.45) is 5.54. The number of aliphatic carboxylic acids is 1. The summed E-state index contributed by atoms with van der Waals surface area (Å²) >= 11 is 0. The molecule has 0 atom stereocenters. The maximum absolute atomic E-state index is 10.7. The third kappa shape index (κ3) is 2.08. The molecule has 0 spiro atoms. The van der Waals surface area contributed by atoms with E-state index >= 15 is 0 Å². The minimum Gasteiger partial charge on any atom is -0.481 e. The zero-order chi connectivity index (χ0) is 11.5. The van der Waals surface area contributed by atoms with Gasteiger partial charge in [-0.3, -0.25) is 4.79 Å². The molecule has 1 N–H and O–H groups in total. The second-order valence-electron chi connectivity index (χ2n) is 4.29. The molecular formula is C11H17N3O2. The fraction of sp³-hybridized carbons (Fsp3) is 0.727. The zero-order valence-electron chi connectivity index (χ0n) is 9.52. The molecule has 1 fully saturated rings. The van der Waals surface area contributed by atoms with Gasteiger partial charge in [0.05, 0.1) is 23.9 Å². The van der Waals surface area contributed by atoms with Gasteiger partial charge >= 0.3 is 5.97 Å². The Bertz CT molecular complexity index is 381. The molecule has 1 aliphatic rings. The first-order valence-electron chi connectivity index (χ1n) is 5.87. The molecule has 1 aliphatic carbocycles. The van der Waals surface area contributed by atoms with E-state index < -0.39 is 5.97 Å². The van der Waals surface area contributed by atoms with Crippen LogP contribution < -0.4 is 0 Å². The highest BCUT2D eigenvalue weighted by atomic mass is 16.4. The molecule has 1 saturated carbocycles. The Morgan fingerprint density at radius 2 is 2.19 bits per heavy atom. The van der Waals surface area contributed by atoms with Crippen LogP contribution in [0.4, 0.5) is 0 Å². The predicted molar refractivity (Wildman–Crippen MR) is 58.2 cm³/mol. The molecule has 0 saturated heterocycles. The second kappa shape index (κ2) is 4.63. The molecule has 1 aromatic heterocycles. The summed E-state index contributed by atoms with van der Waals surface area (Å²) in [4.78, 5) is 10.7. The maximum Gasteiger partial charge on any atom is 0.309 e. The number of hydrogen-bond donors (Lipinski definition) is 1. The fourth-order valence-electron chi connectivity index (χ4n) is 2.44. The number of rotatable bonds is 4. The third-order valence-corrected chi connectivity index (χ3v) is 3.20. The average molecular weight is 223 g/mol. The van der Waals surface area contributed by atoms with E-state index in [0.717, 1.165) is 25.0 Å². The van der Waals surface area contributed by atoms with Crippen LogP contribution in [0.2, 0.25) is 0 Å². The van der Waals surface area contributed by atoms with Crippen LogP contribution in [0.25, 0.3) is 0 Å². The number of nitrogens with zero attached hydrogens (tertiary/aromatic N) is 3. The first kappa shape index (κ1) is 11.1. The van der Waals surface area contributed by atoms with Gasteiger partial charge in [-0.15, -0.1) is 5.10 Å². The summed E-state index contributed by atoms with van der Waals surface area (Å²) in [5.74, 6) is -0.840. The molecule has 88 valence electrons. The van der Waals surface area contributed by atoms with Gasteiger partial charge in [0.2, 0.25) is 0 Å². The Labute approximate surface area is 94.5 Å². The SMILES string of the molecule is CCc1c(CC(=O)O)nnn1C1CCCC1. The van der Waals surface area contributed by atoms with Gasteiger partial charge in [0.1, 0.15) is 0 Å². The van der Waals surface area contributed by atoms with E-state index in [9.17, 15) is 4.79 Å². The lowest BCUT2D eigenvalue weighted by molar-refractivity contribution is -0.136. The Kier molecular flexibility index (Phi) is 3.22. The molecule has 16 heavy (non-hydrogen) atoms. The van der Waals surface area contributed by atoms with Gasteiger partial charge in [-0.05, 0) is 19.3 Å². The highest BCUT2D eigenvalue weighted by Gasteiger charge is 2.23. The minimum atomic E-state index is -0.840. The topological polar surface area (TPSA) is 68.0 Å². The Morgan fingerprint density at radius 1 is 1.50 bits per heavy atom. The molecule has 1 heterocycles. The molecule has 5 nitrogen and oxygen atoms in total. The molecule has 0 aliphatic heterocycles. The van der Waals surface area contributed by atoms with Crippen molar-refractivity contribution in [1.29, 1.82) is 0 Å². The Morgan fingerprint density at radius 3 is 2.75 bits per heavy atom. The maximum atomic E-state index is 10.7. The molecule has 0 bridgehead atoms. The molecular weight excluding hydrogens is 206 g/mol. The highest BCUT2D eigenvalue weighted by molar-refractivity contribution is 5.69. The first-order valence-corrected chi connectivity index (χ1v) is 5.87. The van der Waals surface area contributed by atoms with Crippen molar-refractivity contribution in [3.05, 3.63) is 11.4 Å². The molecule has 5 heteroatoms. The summed E-state index contributed by atoms with van der Waals surface area (Å²) in [6, 6.07) is 0.435. The average Bonchev–Trinajstić information content (AvgIpc) is 2.84. The lowest BCUT2D eigenvalue weighted by Crippen LogP contribution is -2.11. The van der Waals surface area contributed by atoms with Gasteiger partial charge < -0.3 is 5.11 Å². The van der Waals surface area contributed by atoms with Crippen LogP contribution in [-0.4, -0.2) is 26.1 Å². The molecule has 0 unspecified atom stereocenters. The monoisotopic (exact) mass is 223 g/mol. The molecule has 1 aromatic rings. The lowest BCUT2D eigenvalue weighted by atomic mass is 10.2. The molecule has 0 amide bonds. The Hall–Kier alpha value is -1.39. The van der Waals surface area contributed by atoms with E-state index in [1.165, 1.54) is 12.8 Å². The van der Waals surface area contributed by atoms with Crippen molar-refractivity contribution in [2.24, 2.45) is 0 Å². The predicted octanol–water partition coefficient (Wildman–Crippen LogP) is 1.58. The van der Waals surface area contributed by atoms with Crippen molar-refractivity contribution in [3.63, 3.8) is 0 Å². The van der Waals surface area contributed by atoms with Crippen LogP contribution in [0.5, 0.6) is 0 Å². The van der Waals surface area contributed by atoms with Crippen LogP contribution in [-0.2, 0) is 17.6 Å². The number of carboxylic acid groups (broad SMARTS) is 1. The van der Waals surface area contributed by atoms with E-state index in [1.807, 2.05) is 11.6 Å². The van der Waals surface area contributed by atoms with Crippen LogP contribution in [0.15, 0.2) is 0 Å². The van der Waals surface area contributed by atoms with E-state index in [0.29, 0.717) is 11.7 Å². The first-order chi connectivity index (χ1) is 7.72. The van der Waals surface area contributed by atoms with Gasteiger partial charge in [-0.1, -0.05) is 25.0 Å². The van der Waals surface area contributed by atoms with Gasteiger partial charge in [-0.25, -0.2) is 4.68 Å².